The minimum absolute atomic E-state index is 0. The fourth-order valence-corrected chi connectivity index (χ4v) is 2.09. The Kier molecular flexibility index (Phi) is 14.3. The van der Waals surface area contributed by atoms with E-state index in [1.54, 1.807) is 20.8 Å². The van der Waals surface area contributed by atoms with Crippen molar-refractivity contribution in [3.05, 3.63) is 0 Å². The van der Waals surface area contributed by atoms with E-state index in [0.29, 0.717) is 6.42 Å². The first-order chi connectivity index (χ1) is 7.70. The molecule has 0 aliphatic carbocycles. The molecule has 19 heavy (non-hydrogen) atoms. The second-order valence-corrected chi connectivity index (χ2v) is 5.54. The molecule has 0 aliphatic rings. The molecule has 0 aromatic rings. The number of unbranched alkanes of at least 4 members (excludes halogenated alkanes) is 3. The van der Waals surface area contributed by atoms with Gasteiger partial charge in [0.05, 0.1) is 17.4 Å². The Morgan fingerprint density at radius 2 is 1.37 bits per heavy atom. The number of aliphatic carboxylic acids is 2. The average Bonchev–Trinajstić information content (AvgIpc) is 2.14. The Morgan fingerprint density at radius 3 is 1.63 bits per heavy atom. The van der Waals surface area contributed by atoms with Crippen LogP contribution in [-0.2, 0) is 9.59 Å². The summed E-state index contributed by atoms with van der Waals surface area (Å²) >= 11 is 0. The van der Waals surface area contributed by atoms with Crippen LogP contribution in [0.1, 0.15) is 59.8 Å². The molecule has 0 spiro atoms. The van der Waals surface area contributed by atoms with E-state index in [1.807, 2.05) is 6.92 Å². The molecule has 0 aliphatic heterocycles. The molecular weight excluding hydrogens is 266 g/mol. The predicted molar refractivity (Wildman–Crippen MR) is 60.7 cm³/mol. The van der Waals surface area contributed by atoms with Gasteiger partial charge in [0.15, 0.2) is 0 Å². The molecule has 0 rings (SSSR count). The standard InChI is InChI=1S/C13H24O4.K.Li/c1-5-6-7-8-9-13(10(14)15,11(16)17)12(2,3)4;;/h5-9H2,1-4H3,(H,14,15)(H,16,17);;/q;2*+1/p-2. The summed E-state index contributed by atoms with van der Waals surface area (Å²) in [4.78, 5) is 22.5. The normalized spacial score (nSPS) is 11.2. The van der Waals surface area contributed by atoms with Crippen LogP contribution in [0.25, 0.3) is 0 Å². The molecule has 0 fully saturated rings. The molecule has 0 unspecified atom stereocenters. The molecular formula is C13H22KLiO4. The Hall–Kier alpha value is 1.17. The van der Waals surface area contributed by atoms with Gasteiger partial charge >= 0.3 is 70.2 Å². The van der Waals surface area contributed by atoms with Gasteiger partial charge in [0.25, 0.3) is 0 Å². The second-order valence-electron chi connectivity index (χ2n) is 5.54. The van der Waals surface area contributed by atoms with Gasteiger partial charge in [-0.25, -0.2) is 0 Å². The van der Waals surface area contributed by atoms with Crippen molar-refractivity contribution in [2.45, 2.75) is 59.8 Å². The Labute approximate surface area is 170 Å². The van der Waals surface area contributed by atoms with Crippen LogP contribution in [0.5, 0.6) is 0 Å². The van der Waals surface area contributed by atoms with Crippen LogP contribution in [0.2, 0.25) is 0 Å². The predicted octanol–water partition coefficient (Wildman–Crippen LogP) is -5.50. The Morgan fingerprint density at radius 1 is 0.947 bits per heavy atom. The van der Waals surface area contributed by atoms with Gasteiger partial charge in [0.1, 0.15) is 0 Å². The van der Waals surface area contributed by atoms with Gasteiger partial charge in [-0.2, -0.15) is 0 Å². The zero-order chi connectivity index (χ0) is 13.7. The minimum Gasteiger partial charge on any atom is -0.549 e. The quantitative estimate of drug-likeness (QED) is 0.266. The van der Waals surface area contributed by atoms with Crippen LogP contribution < -0.4 is 80.5 Å². The molecule has 6 heteroatoms. The van der Waals surface area contributed by atoms with E-state index in [4.69, 9.17) is 0 Å². The number of carboxylic acid groups (broad SMARTS) is 2. The number of carbonyl (C=O) groups excluding carboxylic acids is 2. The van der Waals surface area contributed by atoms with E-state index < -0.39 is 22.8 Å². The largest absolute Gasteiger partial charge is 1.00 e. The molecule has 0 atom stereocenters. The summed E-state index contributed by atoms with van der Waals surface area (Å²) in [7, 11) is 0. The maximum absolute atomic E-state index is 11.2. The average molecular weight is 288 g/mol. The summed E-state index contributed by atoms with van der Waals surface area (Å²) in [5, 5.41) is 22.5. The number of hydrogen-bond donors (Lipinski definition) is 0. The van der Waals surface area contributed by atoms with Crippen molar-refractivity contribution in [3.8, 4) is 0 Å². The monoisotopic (exact) mass is 288 g/mol. The van der Waals surface area contributed by atoms with Crippen LogP contribution >= 0.6 is 0 Å². The van der Waals surface area contributed by atoms with Gasteiger partial charge in [-0.1, -0.05) is 53.4 Å². The fraction of sp³-hybridized carbons (Fsp3) is 0.846. The zero-order valence-corrected chi connectivity index (χ0v) is 16.3. The van der Waals surface area contributed by atoms with Crippen LogP contribution in [0.4, 0.5) is 0 Å². The van der Waals surface area contributed by atoms with Crippen molar-refractivity contribution in [1.82, 2.24) is 0 Å². The van der Waals surface area contributed by atoms with Gasteiger partial charge in [-0.05, 0) is 11.8 Å². The third-order valence-electron chi connectivity index (χ3n) is 3.38. The molecule has 0 amide bonds. The van der Waals surface area contributed by atoms with Crippen LogP contribution in [-0.4, -0.2) is 11.9 Å². The fourth-order valence-electron chi connectivity index (χ4n) is 2.09. The third-order valence-corrected chi connectivity index (χ3v) is 3.38. The van der Waals surface area contributed by atoms with Crippen molar-refractivity contribution in [3.63, 3.8) is 0 Å². The number of hydrogen-bond acceptors (Lipinski definition) is 4. The van der Waals surface area contributed by atoms with Crippen molar-refractivity contribution in [1.29, 1.82) is 0 Å². The van der Waals surface area contributed by atoms with Crippen molar-refractivity contribution < 1.29 is 90.0 Å². The van der Waals surface area contributed by atoms with Gasteiger partial charge in [0, 0.05) is 0 Å². The maximum Gasteiger partial charge on any atom is 1.00 e. The molecule has 0 radical (unpaired) electrons. The summed E-state index contributed by atoms with van der Waals surface area (Å²) in [6, 6.07) is 0. The molecule has 0 aromatic carbocycles. The molecule has 0 bridgehead atoms. The Balaban J connectivity index is -0.00000128. The first-order valence-electron chi connectivity index (χ1n) is 6.13. The molecule has 4 nitrogen and oxygen atoms in total. The van der Waals surface area contributed by atoms with Crippen molar-refractivity contribution in [2.75, 3.05) is 0 Å². The first-order valence-corrected chi connectivity index (χ1v) is 6.13. The Bertz CT molecular complexity index is 273. The number of carbonyl (C=O) groups is 2. The molecule has 0 heterocycles. The molecule has 0 saturated heterocycles. The summed E-state index contributed by atoms with van der Waals surface area (Å²) in [6.45, 7) is 6.82. The van der Waals surface area contributed by atoms with E-state index in [0.717, 1.165) is 19.3 Å². The molecule has 0 aromatic heterocycles. The maximum atomic E-state index is 11.2. The summed E-state index contributed by atoms with van der Waals surface area (Å²) in [5.74, 6) is -3.08. The van der Waals surface area contributed by atoms with Crippen molar-refractivity contribution >= 4 is 11.9 Å². The van der Waals surface area contributed by atoms with Gasteiger partial charge in [-0.15, -0.1) is 0 Å². The van der Waals surface area contributed by atoms with E-state index in [9.17, 15) is 19.8 Å². The first kappa shape index (κ1) is 25.1. The van der Waals surface area contributed by atoms with Gasteiger partial charge in [-0.3, -0.25) is 0 Å². The minimum atomic E-state index is -1.90. The van der Waals surface area contributed by atoms with E-state index >= 15 is 0 Å². The van der Waals surface area contributed by atoms with Crippen LogP contribution in [0.3, 0.4) is 0 Å². The SMILES string of the molecule is CCCCCCC(C(=O)[O-])(C(=O)[O-])C(C)(C)C.[K+].[Li+]. The topological polar surface area (TPSA) is 80.3 Å². The van der Waals surface area contributed by atoms with E-state index in [2.05, 4.69) is 0 Å². The van der Waals surface area contributed by atoms with E-state index in [-0.39, 0.29) is 76.7 Å². The summed E-state index contributed by atoms with van der Waals surface area (Å²) in [5.41, 5.74) is -2.82. The van der Waals surface area contributed by atoms with Crippen LogP contribution in [0.15, 0.2) is 0 Å². The molecule has 0 saturated carbocycles. The zero-order valence-electron chi connectivity index (χ0n) is 13.2. The summed E-state index contributed by atoms with van der Waals surface area (Å²) < 4.78 is 0. The van der Waals surface area contributed by atoms with Gasteiger partial charge < -0.3 is 19.8 Å². The van der Waals surface area contributed by atoms with E-state index in [1.165, 1.54) is 0 Å². The number of rotatable bonds is 7. The van der Waals surface area contributed by atoms with Crippen LogP contribution in [0, 0.1) is 10.8 Å². The molecule has 0 N–H and O–H groups in total. The molecule has 100 valence electrons. The van der Waals surface area contributed by atoms with Crippen molar-refractivity contribution in [2.24, 2.45) is 10.8 Å². The summed E-state index contributed by atoms with van der Waals surface area (Å²) in [6.07, 6.45) is 3.45. The number of carboxylic acids is 2. The smallest absolute Gasteiger partial charge is 0.549 e. The van der Waals surface area contributed by atoms with Gasteiger partial charge in [0.2, 0.25) is 0 Å². The second kappa shape index (κ2) is 10.8. The third kappa shape index (κ3) is 6.64.